The average molecular weight is 584 g/mol. The van der Waals surface area contributed by atoms with Crippen molar-refractivity contribution in [3.8, 4) is 0 Å². The highest BCUT2D eigenvalue weighted by Crippen LogP contribution is 2.28. The number of imide groups is 1. The molecule has 0 saturated carbocycles. The van der Waals surface area contributed by atoms with Crippen molar-refractivity contribution in [3.05, 3.63) is 75.8 Å². The number of halogens is 1. The van der Waals surface area contributed by atoms with E-state index < -0.39 is 5.97 Å². The molecular formula is C30H38ClN5O5. The molecule has 1 aromatic carbocycles. The molecule has 220 valence electrons. The van der Waals surface area contributed by atoms with Gasteiger partial charge in [0.25, 0.3) is 5.91 Å². The third kappa shape index (κ3) is 6.87. The second-order valence-corrected chi connectivity index (χ2v) is 9.99. The van der Waals surface area contributed by atoms with Crippen molar-refractivity contribution in [2.45, 2.75) is 72.9 Å². The first-order chi connectivity index (χ1) is 19.3. The average Bonchev–Trinajstić information content (AvgIpc) is 3.56. The topological polar surface area (TPSA) is 111 Å². The number of nitrogens with zero attached hydrogens (tertiary/aromatic N) is 5. The number of esters is 1. The number of benzene rings is 1. The van der Waals surface area contributed by atoms with Crippen LogP contribution < -0.4 is 0 Å². The van der Waals surface area contributed by atoms with Gasteiger partial charge in [0.1, 0.15) is 17.3 Å². The van der Waals surface area contributed by atoms with E-state index >= 15 is 0 Å². The van der Waals surface area contributed by atoms with Gasteiger partial charge in [0.05, 0.1) is 36.8 Å². The maximum Gasteiger partial charge on any atom is 0.337 e. The molecule has 1 fully saturated rings. The smallest absolute Gasteiger partial charge is 0.337 e. The van der Waals surface area contributed by atoms with Crippen molar-refractivity contribution in [2.75, 3.05) is 13.7 Å². The molecule has 0 radical (unpaired) electrons. The Morgan fingerprint density at radius 2 is 1.73 bits per heavy atom. The number of unbranched alkanes of at least 4 members (excludes halogenated alkanes) is 2. The zero-order chi connectivity index (χ0) is 28.8. The number of hydrogen-bond acceptors (Lipinski definition) is 7. The minimum Gasteiger partial charge on any atom is -0.465 e. The second kappa shape index (κ2) is 14.1. The molecule has 1 saturated heterocycles. The first-order valence-corrected chi connectivity index (χ1v) is 13.8. The van der Waals surface area contributed by atoms with Crippen LogP contribution in [-0.2, 0) is 29.0 Å². The Morgan fingerprint density at radius 3 is 2.34 bits per heavy atom. The highest BCUT2D eigenvalue weighted by atomic mass is 35.5. The molecule has 11 heteroatoms. The number of methoxy groups -OCH3 is 1. The molecule has 41 heavy (non-hydrogen) atoms. The Morgan fingerprint density at radius 1 is 1.02 bits per heavy atom. The molecule has 10 nitrogen and oxygen atoms in total. The first-order valence-electron chi connectivity index (χ1n) is 13.8. The normalized spacial score (nSPS) is 14.2. The molecule has 0 spiro atoms. The van der Waals surface area contributed by atoms with Gasteiger partial charge in [-0.25, -0.2) is 14.6 Å². The van der Waals surface area contributed by atoms with Gasteiger partial charge in [-0.1, -0.05) is 44.0 Å². The zero-order valence-corrected chi connectivity index (χ0v) is 25.1. The van der Waals surface area contributed by atoms with Crippen molar-refractivity contribution in [3.63, 3.8) is 0 Å². The summed E-state index contributed by atoms with van der Waals surface area (Å²) in [5, 5.41) is 4.02. The van der Waals surface area contributed by atoms with E-state index in [1.54, 1.807) is 31.3 Å². The molecule has 0 bridgehead atoms. The van der Waals surface area contributed by atoms with E-state index in [0.717, 1.165) is 54.7 Å². The number of carbonyl (C=O) groups is 3. The lowest BCUT2D eigenvalue weighted by Gasteiger charge is -2.17. The van der Waals surface area contributed by atoms with Gasteiger partial charge in [0.2, 0.25) is 0 Å². The van der Waals surface area contributed by atoms with E-state index in [1.807, 2.05) is 26.0 Å². The van der Waals surface area contributed by atoms with Gasteiger partial charge < -0.3 is 13.8 Å². The summed E-state index contributed by atoms with van der Waals surface area (Å²) < 4.78 is 12.2. The van der Waals surface area contributed by atoms with Gasteiger partial charge >= 0.3 is 12.0 Å². The van der Waals surface area contributed by atoms with Crippen LogP contribution in [0.5, 0.6) is 0 Å². The molecule has 3 amide bonds. The number of ether oxygens (including phenoxy) is 1. The predicted octanol–water partition coefficient (Wildman–Crippen LogP) is 5.69. The summed E-state index contributed by atoms with van der Waals surface area (Å²) in [7, 11) is 1.36. The van der Waals surface area contributed by atoms with Crippen molar-refractivity contribution in [1.29, 1.82) is 0 Å². The molecule has 0 atom stereocenters. The quantitative estimate of drug-likeness (QED) is 0.153. The number of rotatable bonds is 12. The van der Waals surface area contributed by atoms with E-state index in [0.29, 0.717) is 35.8 Å². The summed E-state index contributed by atoms with van der Waals surface area (Å²) in [6.07, 6.45) is 7.86. The Bertz CT molecular complexity index is 1390. The summed E-state index contributed by atoms with van der Waals surface area (Å²) in [5.41, 5.74) is 3.93. The third-order valence-corrected chi connectivity index (χ3v) is 7.17. The lowest BCUT2D eigenvalue weighted by Crippen LogP contribution is -2.33. The summed E-state index contributed by atoms with van der Waals surface area (Å²) in [5.74, 6) is 0.795. The number of urea groups is 1. The van der Waals surface area contributed by atoms with Crippen LogP contribution in [0.25, 0.3) is 6.08 Å². The van der Waals surface area contributed by atoms with Gasteiger partial charge in [-0.15, -0.1) is 12.4 Å². The molecule has 4 rings (SSSR count). The van der Waals surface area contributed by atoms with Gasteiger partial charge in [-0.3, -0.25) is 14.6 Å². The van der Waals surface area contributed by atoms with Crippen molar-refractivity contribution in [1.82, 2.24) is 24.5 Å². The fraction of sp³-hybridized carbons (Fsp3) is 0.433. The SMILES string of the molecule is CCCCc1ncc(/C=C2\C(=O)N(CCCC)C(=O)N2Cc2c(C)noc2C)n1Cc1ccc(C(=O)OC)cc1.Cl. The fourth-order valence-corrected chi connectivity index (χ4v) is 4.73. The predicted molar refractivity (Wildman–Crippen MR) is 156 cm³/mol. The van der Waals surface area contributed by atoms with Crippen LogP contribution in [0.1, 0.15) is 84.0 Å². The van der Waals surface area contributed by atoms with Crippen LogP contribution in [0.4, 0.5) is 4.79 Å². The van der Waals surface area contributed by atoms with E-state index in [4.69, 9.17) is 9.26 Å². The minimum absolute atomic E-state index is 0. The number of imidazole rings is 1. The van der Waals surface area contributed by atoms with Crippen molar-refractivity contribution in [2.24, 2.45) is 0 Å². The maximum atomic E-state index is 13.6. The van der Waals surface area contributed by atoms with Gasteiger partial charge in [0, 0.05) is 25.1 Å². The molecule has 1 aliphatic rings. The maximum absolute atomic E-state index is 13.6. The van der Waals surface area contributed by atoms with Crippen LogP contribution in [-0.4, -0.2) is 56.1 Å². The minimum atomic E-state index is -0.390. The van der Waals surface area contributed by atoms with Gasteiger partial charge in [-0.2, -0.15) is 0 Å². The van der Waals surface area contributed by atoms with E-state index in [1.165, 1.54) is 16.9 Å². The highest BCUT2D eigenvalue weighted by molar-refractivity contribution is 6.13. The number of aryl methyl sites for hydroxylation is 3. The number of amides is 3. The Balaban J connectivity index is 0.00000462. The lowest BCUT2D eigenvalue weighted by atomic mass is 10.1. The number of aromatic nitrogens is 3. The molecule has 0 N–H and O–H groups in total. The monoisotopic (exact) mass is 583 g/mol. The Labute approximate surface area is 246 Å². The zero-order valence-electron chi connectivity index (χ0n) is 24.3. The third-order valence-electron chi connectivity index (χ3n) is 7.17. The number of carbonyl (C=O) groups excluding carboxylic acids is 3. The largest absolute Gasteiger partial charge is 0.465 e. The number of hydrogen-bond donors (Lipinski definition) is 0. The van der Waals surface area contributed by atoms with Gasteiger partial charge in [-0.05, 0) is 50.5 Å². The van der Waals surface area contributed by atoms with E-state index in [2.05, 4.69) is 21.6 Å². The summed E-state index contributed by atoms with van der Waals surface area (Å²) in [4.78, 5) is 46.5. The van der Waals surface area contributed by atoms with Crippen molar-refractivity contribution >= 4 is 36.4 Å². The standard InChI is InChI=1S/C30H37N5O5.ClH/c1-6-8-10-27-31-17-24(34(27)18-22-11-13-23(14-12-22)29(37)39-5)16-26-28(36)33(15-9-7-2)30(38)35(26)19-25-20(3)32-40-21(25)4;/h11-14,16-17H,6-10,15,18-19H2,1-5H3;1H/b26-16+;. The summed E-state index contributed by atoms with van der Waals surface area (Å²) >= 11 is 0. The summed E-state index contributed by atoms with van der Waals surface area (Å²) in [6.45, 7) is 8.82. The molecule has 0 unspecified atom stereocenters. The molecule has 0 aliphatic carbocycles. The first kappa shape index (κ1) is 31.6. The van der Waals surface area contributed by atoms with Crippen LogP contribution in [0, 0.1) is 13.8 Å². The lowest BCUT2D eigenvalue weighted by molar-refractivity contribution is -0.123. The van der Waals surface area contributed by atoms with E-state index in [-0.39, 0.29) is 30.9 Å². The molecule has 1 aliphatic heterocycles. The molecule has 3 aromatic rings. The molecular weight excluding hydrogens is 546 g/mol. The van der Waals surface area contributed by atoms with E-state index in [9.17, 15) is 14.4 Å². The summed E-state index contributed by atoms with van der Waals surface area (Å²) in [6, 6.07) is 6.89. The van der Waals surface area contributed by atoms with Crippen LogP contribution in [0.3, 0.4) is 0 Å². The molecule has 2 aromatic heterocycles. The van der Waals surface area contributed by atoms with Crippen LogP contribution in [0.15, 0.2) is 40.7 Å². The van der Waals surface area contributed by atoms with Crippen molar-refractivity contribution < 1.29 is 23.6 Å². The van der Waals surface area contributed by atoms with Gasteiger partial charge in [0.15, 0.2) is 0 Å². The fourth-order valence-electron chi connectivity index (χ4n) is 4.73. The van der Waals surface area contributed by atoms with Crippen LogP contribution >= 0.6 is 12.4 Å². The second-order valence-electron chi connectivity index (χ2n) is 9.99. The molecule has 3 heterocycles. The highest BCUT2D eigenvalue weighted by Gasteiger charge is 2.41. The van der Waals surface area contributed by atoms with Crippen LogP contribution in [0.2, 0.25) is 0 Å². The Kier molecular flexibility index (Phi) is 10.9. The Hall–Kier alpha value is -3.92.